The molecule has 4 nitrogen and oxygen atoms in total. The number of alkyl halides is 7. The van der Waals surface area contributed by atoms with Crippen molar-refractivity contribution < 1.29 is 45.1 Å². The van der Waals surface area contributed by atoms with E-state index in [4.69, 9.17) is 5.11 Å². The Labute approximate surface area is 128 Å². The molecule has 0 bridgehead atoms. The fraction of sp³-hybridized carbons (Fsp3) is 0.385. The lowest BCUT2D eigenvalue weighted by Crippen LogP contribution is -2.50. The average Bonchev–Trinajstić information content (AvgIpc) is 2.88. The number of halogens is 7. The number of carboxylic acid groups (broad SMARTS) is 1. The Balaban J connectivity index is 2.53. The molecule has 1 aromatic carbocycles. The normalized spacial score (nSPS) is 14.8. The Morgan fingerprint density at radius 3 is 2.25 bits per heavy atom. The SMILES string of the molecule is CC(C(=O)O)c1ccc2oc(C(F)(F)C(F)(F)C(F)(F)F)nc2c1. The Morgan fingerprint density at radius 2 is 1.75 bits per heavy atom. The molecule has 1 N–H and O–H groups in total. The van der Waals surface area contributed by atoms with E-state index in [0.29, 0.717) is 0 Å². The predicted octanol–water partition coefficient (Wildman–Crippen LogP) is 4.31. The fourth-order valence-corrected chi connectivity index (χ4v) is 1.80. The highest BCUT2D eigenvalue weighted by Gasteiger charge is 2.75. The molecule has 0 amide bonds. The van der Waals surface area contributed by atoms with Crippen LogP contribution in [0.1, 0.15) is 24.3 Å². The molecule has 11 heteroatoms. The second kappa shape index (κ2) is 5.35. The van der Waals surface area contributed by atoms with Gasteiger partial charge in [0, 0.05) is 0 Å². The molecule has 2 aromatic rings. The third-order valence-corrected chi connectivity index (χ3v) is 3.30. The molecular weight excluding hydrogens is 351 g/mol. The summed E-state index contributed by atoms with van der Waals surface area (Å²) in [5.41, 5.74) is -0.863. The van der Waals surface area contributed by atoms with Gasteiger partial charge in [-0.1, -0.05) is 6.07 Å². The van der Waals surface area contributed by atoms with Crippen molar-refractivity contribution in [2.45, 2.75) is 30.9 Å². The molecule has 0 aliphatic heterocycles. The molecule has 1 atom stereocenters. The van der Waals surface area contributed by atoms with Crippen LogP contribution in [0.2, 0.25) is 0 Å². The standard InChI is InChI=1S/C13H8F7NO3/c1-5(9(22)23)6-2-3-8-7(4-6)21-10(24-8)11(14,15)12(16,17)13(18,19)20/h2-5H,1H3,(H,22,23). The highest BCUT2D eigenvalue weighted by molar-refractivity contribution is 5.79. The largest absolute Gasteiger partial charge is 0.481 e. The number of aliphatic carboxylic acids is 1. The maximum absolute atomic E-state index is 13.5. The van der Waals surface area contributed by atoms with Gasteiger partial charge in [0.15, 0.2) is 5.58 Å². The summed E-state index contributed by atoms with van der Waals surface area (Å²) in [5.74, 6) is -16.6. The molecule has 132 valence electrons. The van der Waals surface area contributed by atoms with Crippen LogP contribution in [0.15, 0.2) is 22.6 Å². The third-order valence-electron chi connectivity index (χ3n) is 3.30. The van der Waals surface area contributed by atoms with Gasteiger partial charge >= 0.3 is 24.0 Å². The van der Waals surface area contributed by atoms with Crippen LogP contribution in [0.25, 0.3) is 11.1 Å². The molecule has 0 aliphatic carbocycles. The molecular formula is C13H8F7NO3. The van der Waals surface area contributed by atoms with Gasteiger partial charge in [0.1, 0.15) is 5.52 Å². The summed E-state index contributed by atoms with van der Waals surface area (Å²) in [7, 11) is 0. The highest BCUT2D eigenvalue weighted by atomic mass is 19.4. The first-order chi connectivity index (χ1) is 10.8. The zero-order valence-corrected chi connectivity index (χ0v) is 11.7. The van der Waals surface area contributed by atoms with E-state index in [1.807, 2.05) is 0 Å². The monoisotopic (exact) mass is 359 g/mol. The van der Waals surface area contributed by atoms with Crippen molar-refractivity contribution in [3.05, 3.63) is 29.7 Å². The lowest BCUT2D eigenvalue weighted by atomic mass is 10.0. The summed E-state index contributed by atoms with van der Waals surface area (Å²) in [6, 6.07) is 3.07. The summed E-state index contributed by atoms with van der Waals surface area (Å²) in [6.45, 7) is 1.26. The molecule has 2 rings (SSSR count). The van der Waals surface area contributed by atoms with Gasteiger partial charge < -0.3 is 9.52 Å². The van der Waals surface area contributed by atoms with Gasteiger partial charge in [-0.2, -0.15) is 30.7 Å². The lowest BCUT2D eigenvalue weighted by Gasteiger charge is -2.25. The molecule has 24 heavy (non-hydrogen) atoms. The van der Waals surface area contributed by atoms with E-state index in [9.17, 15) is 35.5 Å². The van der Waals surface area contributed by atoms with E-state index < -0.39 is 46.9 Å². The van der Waals surface area contributed by atoms with E-state index in [0.717, 1.165) is 18.2 Å². The number of fused-ring (bicyclic) bond motifs is 1. The molecule has 1 aromatic heterocycles. The van der Waals surface area contributed by atoms with E-state index in [2.05, 4.69) is 9.40 Å². The van der Waals surface area contributed by atoms with Gasteiger partial charge in [0.05, 0.1) is 5.92 Å². The first kappa shape index (κ1) is 18.0. The smallest absolute Gasteiger partial charge is 0.460 e. The summed E-state index contributed by atoms with van der Waals surface area (Å²) >= 11 is 0. The number of carboxylic acids is 1. The zero-order valence-electron chi connectivity index (χ0n) is 11.7. The molecule has 0 radical (unpaired) electrons. The molecule has 1 heterocycles. The van der Waals surface area contributed by atoms with Crippen molar-refractivity contribution in [2.75, 3.05) is 0 Å². The van der Waals surface area contributed by atoms with Crippen molar-refractivity contribution in [3.63, 3.8) is 0 Å². The maximum atomic E-state index is 13.5. The number of hydrogen-bond acceptors (Lipinski definition) is 3. The summed E-state index contributed by atoms with van der Waals surface area (Å²) in [4.78, 5) is 13.8. The van der Waals surface area contributed by atoms with Crippen LogP contribution >= 0.6 is 0 Å². The van der Waals surface area contributed by atoms with Crippen LogP contribution < -0.4 is 0 Å². The van der Waals surface area contributed by atoms with Crippen molar-refractivity contribution in [1.29, 1.82) is 0 Å². The highest BCUT2D eigenvalue weighted by Crippen LogP contribution is 2.51. The number of hydrogen-bond donors (Lipinski definition) is 1. The molecule has 0 saturated heterocycles. The molecule has 0 fully saturated rings. The van der Waals surface area contributed by atoms with Gasteiger partial charge in [0.25, 0.3) is 5.89 Å². The van der Waals surface area contributed by atoms with E-state index in [1.165, 1.54) is 6.92 Å². The summed E-state index contributed by atoms with van der Waals surface area (Å²) < 4.78 is 93.9. The minimum atomic E-state index is -6.51. The van der Waals surface area contributed by atoms with Crippen LogP contribution in [0.5, 0.6) is 0 Å². The quantitative estimate of drug-likeness (QED) is 0.827. The minimum Gasteiger partial charge on any atom is -0.481 e. The lowest BCUT2D eigenvalue weighted by molar-refractivity contribution is -0.363. The summed E-state index contributed by atoms with van der Waals surface area (Å²) in [5, 5.41) is 8.85. The second-order valence-electron chi connectivity index (χ2n) is 4.95. The van der Waals surface area contributed by atoms with Gasteiger partial charge in [-0.3, -0.25) is 4.79 Å². The van der Waals surface area contributed by atoms with Crippen molar-refractivity contribution in [3.8, 4) is 0 Å². The maximum Gasteiger partial charge on any atom is 0.460 e. The predicted molar refractivity (Wildman–Crippen MR) is 65.0 cm³/mol. The topological polar surface area (TPSA) is 63.3 Å². The number of carbonyl (C=O) groups is 1. The minimum absolute atomic E-state index is 0.0840. The van der Waals surface area contributed by atoms with Gasteiger partial charge in [-0.15, -0.1) is 0 Å². The number of oxazole rings is 1. The number of benzene rings is 1. The number of rotatable bonds is 4. The van der Waals surface area contributed by atoms with Crippen molar-refractivity contribution >= 4 is 17.1 Å². The Morgan fingerprint density at radius 1 is 1.17 bits per heavy atom. The number of aromatic nitrogens is 1. The van der Waals surface area contributed by atoms with Gasteiger partial charge in [-0.05, 0) is 24.6 Å². The first-order valence-corrected chi connectivity index (χ1v) is 6.25. The Bertz CT molecular complexity index is 781. The van der Waals surface area contributed by atoms with E-state index in [1.54, 1.807) is 0 Å². The fourth-order valence-electron chi connectivity index (χ4n) is 1.80. The average molecular weight is 359 g/mol. The van der Waals surface area contributed by atoms with Gasteiger partial charge in [0.2, 0.25) is 0 Å². The molecule has 0 spiro atoms. The second-order valence-corrected chi connectivity index (χ2v) is 4.95. The van der Waals surface area contributed by atoms with E-state index >= 15 is 0 Å². The molecule has 1 unspecified atom stereocenters. The van der Waals surface area contributed by atoms with Crippen LogP contribution in [0.3, 0.4) is 0 Å². The summed E-state index contributed by atoms with van der Waals surface area (Å²) in [6.07, 6.45) is -6.51. The van der Waals surface area contributed by atoms with Gasteiger partial charge in [-0.25, -0.2) is 4.98 Å². The van der Waals surface area contributed by atoms with E-state index in [-0.39, 0.29) is 5.56 Å². The van der Waals surface area contributed by atoms with Crippen LogP contribution in [0.4, 0.5) is 30.7 Å². The first-order valence-electron chi connectivity index (χ1n) is 6.25. The van der Waals surface area contributed by atoms with Crippen LogP contribution in [-0.2, 0) is 10.7 Å². The number of nitrogens with zero attached hydrogens (tertiary/aromatic N) is 1. The molecule has 0 aliphatic rings. The Hall–Kier alpha value is -2.33. The third kappa shape index (κ3) is 2.67. The van der Waals surface area contributed by atoms with Crippen LogP contribution in [-0.4, -0.2) is 28.2 Å². The van der Waals surface area contributed by atoms with Crippen LogP contribution in [0, 0.1) is 0 Å². The zero-order chi connectivity index (χ0) is 18.5. The molecule has 0 saturated carbocycles. The van der Waals surface area contributed by atoms with Crippen molar-refractivity contribution in [1.82, 2.24) is 4.98 Å². The van der Waals surface area contributed by atoms with Crippen molar-refractivity contribution in [2.24, 2.45) is 0 Å². The Kier molecular flexibility index (Phi) is 4.01.